The lowest BCUT2D eigenvalue weighted by Gasteiger charge is -2.19. The molecule has 0 fully saturated rings. The zero-order valence-electron chi connectivity index (χ0n) is 14.6. The Kier molecular flexibility index (Phi) is 8.40. The summed E-state index contributed by atoms with van der Waals surface area (Å²) in [5.74, 6) is -0.853. The lowest BCUT2D eigenvalue weighted by molar-refractivity contribution is -0.149. The van der Waals surface area contributed by atoms with E-state index in [1.807, 2.05) is 6.26 Å². The first kappa shape index (κ1) is 21.5. The number of benzene rings is 1. The van der Waals surface area contributed by atoms with Crippen molar-refractivity contribution >= 4 is 33.7 Å². The molecular formula is C16H23NO6S2. The van der Waals surface area contributed by atoms with E-state index in [9.17, 15) is 18.0 Å². The van der Waals surface area contributed by atoms with Gasteiger partial charge in [-0.3, -0.25) is 4.79 Å². The van der Waals surface area contributed by atoms with Crippen LogP contribution < -0.4 is 4.72 Å². The number of hydrogen-bond donors (Lipinski definition) is 1. The molecule has 0 aliphatic heterocycles. The Morgan fingerprint density at radius 3 is 2.44 bits per heavy atom. The quantitative estimate of drug-likeness (QED) is 0.643. The molecule has 0 saturated heterocycles. The van der Waals surface area contributed by atoms with Crippen molar-refractivity contribution in [3.8, 4) is 0 Å². The van der Waals surface area contributed by atoms with E-state index >= 15 is 0 Å². The molecule has 0 radical (unpaired) electrons. The number of sulfonamides is 1. The van der Waals surface area contributed by atoms with E-state index in [2.05, 4.69) is 9.46 Å². The number of hydrogen-bond acceptors (Lipinski definition) is 7. The molecule has 0 amide bonds. The molecule has 0 saturated carbocycles. The molecule has 1 N–H and O–H groups in total. The summed E-state index contributed by atoms with van der Waals surface area (Å²) in [7, 11) is -2.95. The molecule has 1 atom stereocenters. The van der Waals surface area contributed by atoms with Crippen LogP contribution in [0.3, 0.4) is 0 Å². The van der Waals surface area contributed by atoms with Gasteiger partial charge in [0.25, 0.3) is 0 Å². The van der Waals surface area contributed by atoms with E-state index in [0.717, 1.165) is 0 Å². The van der Waals surface area contributed by atoms with Crippen LogP contribution in [0.2, 0.25) is 0 Å². The molecule has 140 valence electrons. The summed E-state index contributed by atoms with van der Waals surface area (Å²) in [6.07, 6.45) is 1.76. The van der Waals surface area contributed by atoms with Crippen LogP contribution in [0.4, 0.5) is 0 Å². The third-order valence-corrected chi connectivity index (χ3v) is 5.30. The first-order valence-corrected chi connectivity index (χ1v) is 10.5. The number of nitrogens with one attached hydrogen (secondary N) is 1. The Bertz CT molecular complexity index is 702. The van der Waals surface area contributed by atoms with Crippen LogP contribution in [0.5, 0.6) is 0 Å². The van der Waals surface area contributed by atoms with Gasteiger partial charge in [0.15, 0.2) is 0 Å². The summed E-state index contributed by atoms with van der Waals surface area (Å²) in [4.78, 5) is 23.8. The Balaban J connectivity index is 3.14. The average molecular weight is 389 g/mol. The molecule has 0 spiro atoms. The molecular weight excluding hydrogens is 366 g/mol. The van der Waals surface area contributed by atoms with Gasteiger partial charge < -0.3 is 9.47 Å². The van der Waals surface area contributed by atoms with Crippen LogP contribution >= 0.6 is 11.8 Å². The lowest BCUT2D eigenvalue weighted by atomic mass is 10.2. The predicted molar refractivity (Wildman–Crippen MR) is 96.1 cm³/mol. The molecule has 7 nitrogen and oxygen atoms in total. The molecule has 0 heterocycles. The summed E-state index contributed by atoms with van der Waals surface area (Å²) in [5, 5.41) is 0. The summed E-state index contributed by atoms with van der Waals surface area (Å²) in [6.45, 7) is 3.37. The normalized spacial score (nSPS) is 12.7. The fourth-order valence-electron chi connectivity index (χ4n) is 2.01. The molecule has 1 rings (SSSR count). The van der Waals surface area contributed by atoms with Gasteiger partial charge in [0.05, 0.1) is 23.7 Å². The smallest absolute Gasteiger partial charge is 0.339 e. The number of esters is 2. The summed E-state index contributed by atoms with van der Waals surface area (Å²) in [5.41, 5.74) is -0.0988. The number of thioether (sulfide) groups is 1. The third kappa shape index (κ3) is 6.33. The van der Waals surface area contributed by atoms with Crippen molar-refractivity contribution in [1.82, 2.24) is 4.72 Å². The molecule has 9 heteroatoms. The monoisotopic (exact) mass is 389 g/mol. The zero-order valence-corrected chi connectivity index (χ0v) is 16.3. The number of rotatable bonds is 9. The van der Waals surface area contributed by atoms with Crippen molar-refractivity contribution in [2.45, 2.75) is 37.3 Å². The molecule has 0 aromatic heterocycles. The van der Waals surface area contributed by atoms with E-state index in [0.29, 0.717) is 5.75 Å². The number of carbonyl (C=O) groups excluding carboxylic acids is 2. The van der Waals surface area contributed by atoms with Crippen molar-refractivity contribution in [2.24, 2.45) is 0 Å². The van der Waals surface area contributed by atoms with E-state index in [-0.39, 0.29) is 23.0 Å². The largest absolute Gasteiger partial charge is 0.465 e. The Morgan fingerprint density at radius 2 is 1.88 bits per heavy atom. The van der Waals surface area contributed by atoms with Gasteiger partial charge in [0.1, 0.15) is 6.04 Å². The highest BCUT2D eigenvalue weighted by atomic mass is 32.2. The van der Waals surface area contributed by atoms with Crippen LogP contribution in [0, 0.1) is 0 Å². The standard InChI is InChI=1S/C16H23NO6S2/c1-11(2)23-16(19)13(9-10-24-4)17-25(20,21)14-8-6-5-7-12(14)15(18)22-3/h5-8,11,13,17H,9-10H2,1-4H3/t13-/m0/s1. The van der Waals surface area contributed by atoms with Crippen molar-refractivity contribution in [2.75, 3.05) is 19.1 Å². The van der Waals surface area contributed by atoms with Gasteiger partial charge in [0.2, 0.25) is 10.0 Å². The van der Waals surface area contributed by atoms with Gasteiger partial charge in [-0.2, -0.15) is 16.5 Å². The predicted octanol–water partition coefficient (Wildman–Crippen LogP) is 1.82. The summed E-state index contributed by atoms with van der Waals surface area (Å²) >= 11 is 1.48. The highest BCUT2D eigenvalue weighted by Crippen LogP contribution is 2.18. The topological polar surface area (TPSA) is 98.8 Å². The van der Waals surface area contributed by atoms with Crippen LogP contribution in [0.15, 0.2) is 29.2 Å². The highest BCUT2D eigenvalue weighted by Gasteiger charge is 2.30. The second-order valence-electron chi connectivity index (χ2n) is 5.43. The molecule has 0 unspecified atom stereocenters. The summed E-state index contributed by atoms with van der Waals surface area (Å²) in [6, 6.07) is 4.62. The van der Waals surface area contributed by atoms with Crippen molar-refractivity contribution in [3.05, 3.63) is 29.8 Å². The Labute approximate surface area is 152 Å². The highest BCUT2D eigenvalue weighted by molar-refractivity contribution is 7.98. The van der Waals surface area contributed by atoms with Gasteiger partial charge >= 0.3 is 11.9 Å². The maximum Gasteiger partial charge on any atom is 0.339 e. The number of ether oxygens (including phenoxy) is 2. The fraction of sp³-hybridized carbons (Fsp3) is 0.500. The number of carbonyl (C=O) groups is 2. The van der Waals surface area contributed by atoms with Crippen LogP contribution in [0.1, 0.15) is 30.6 Å². The molecule has 1 aromatic carbocycles. The van der Waals surface area contributed by atoms with E-state index in [1.54, 1.807) is 13.8 Å². The minimum atomic E-state index is -4.12. The van der Waals surface area contributed by atoms with Crippen molar-refractivity contribution in [3.63, 3.8) is 0 Å². The maximum absolute atomic E-state index is 12.7. The molecule has 25 heavy (non-hydrogen) atoms. The zero-order chi connectivity index (χ0) is 19.0. The van der Waals surface area contributed by atoms with Gasteiger partial charge in [0, 0.05) is 0 Å². The van der Waals surface area contributed by atoms with Gasteiger partial charge in [-0.15, -0.1) is 0 Å². The number of methoxy groups -OCH3 is 1. The second kappa shape index (κ2) is 9.79. The third-order valence-electron chi connectivity index (χ3n) is 3.13. The van der Waals surface area contributed by atoms with E-state index in [1.165, 1.54) is 43.1 Å². The average Bonchev–Trinajstić information content (AvgIpc) is 2.57. The first-order chi connectivity index (χ1) is 11.7. The van der Waals surface area contributed by atoms with E-state index in [4.69, 9.17) is 4.74 Å². The molecule has 0 aliphatic carbocycles. The lowest BCUT2D eigenvalue weighted by Crippen LogP contribution is -2.43. The summed E-state index contributed by atoms with van der Waals surface area (Å²) < 4.78 is 37.5. The second-order valence-corrected chi connectivity index (χ2v) is 8.10. The van der Waals surface area contributed by atoms with Crippen molar-refractivity contribution < 1.29 is 27.5 Å². The Morgan fingerprint density at radius 1 is 1.24 bits per heavy atom. The van der Waals surface area contributed by atoms with Crippen LogP contribution in [-0.2, 0) is 24.3 Å². The first-order valence-electron chi connectivity index (χ1n) is 7.62. The Hall–Kier alpha value is -1.58. The SMILES string of the molecule is COC(=O)c1ccccc1S(=O)(=O)N[C@@H](CCSC)C(=O)OC(C)C. The van der Waals surface area contributed by atoms with Gasteiger partial charge in [-0.1, -0.05) is 12.1 Å². The molecule has 0 bridgehead atoms. The minimum Gasteiger partial charge on any atom is -0.465 e. The van der Waals surface area contributed by atoms with E-state index < -0.39 is 28.0 Å². The van der Waals surface area contributed by atoms with Crippen LogP contribution in [-0.4, -0.2) is 51.6 Å². The van der Waals surface area contributed by atoms with Crippen LogP contribution in [0.25, 0.3) is 0 Å². The maximum atomic E-state index is 12.7. The molecule has 1 aromatic rings. The van der Waals surface area contributed by atoms with Crippen molar-refractivity contribution in [1.29, 1.82) is 0 Å². The van der Waals surface area contributed by atoms with Gasteiger partial charge in [-0.25, -0.2) is 13.2 Å². The fourth-order valence-corrected chi connectivity index (χ4v) is 3.89. The molecule has 0 aliphatic rings. The minimum absolute atomic E-state index is 0.0988. The van der Waals surface area contributed by atoms with Gasteiger partial charge in [-0.05, 0) is 44.4 Å².